The van der Waals surface area contributed by atoms with E-state index in [1.807, 2.05) is 0 Å². The Bertz CT molecular complexity index is 1430. The summed E-state index contributed by atoms with van der Waals surface area (Å²) in [7, 11) is -3.83. The maximum Gasteiger partial charge on any atom is 0.257 e. The van der Waals surface area contributed by atoms with E-state index in [-0.39, 0.29) is 36.1 Å². The molecule has 8 nitrogen and oxygen atoms in total. The molecule has 37 heavy (non-hydrogen) atoms. The molecule has 0 aromatic heterocycles. The molecule has 1 aliphatic heterocycles. The first-order valence-electron chi connectivity index (χ1n) is 11.3. The fraction of sp³-hybridized carbons (Fsp3) is 0.192. The summed E-state index contributed by atoms with van der Waals surface area (Å²) in [6.07, 6.45) is 0.233. The highest BCUT2D eigenvalue weighted by molar-refractivity contribution is 9.10. The van der Waals surface area contributed by atoms with Gasteiger partial charge in [0.15, 0.2) is 0 Å². The molecule has 1 atom stereocenters. The van der Waals surface area contributed by atoms with E-state index in [4.69, 9.17) is 16.7 Å². The fourth-order valence-electron chi connectivity index (χ4n) is 4.15. The Hall–Kier alpha value is -3.05. The Morgan fingerprint density at radius 1 is 0.973 bits per heavy atom. The van der Waals surface area contributed by atoms with E-state index in [1.54, 1.807) is 60.7 Å². The quantitative estimate of drug-likeness (QED) is 0.394. The maximum absolute atomic E-state index is 13.4. The van der Waals surface area contributed by atoms with E-state index in [1.165, 1.54) is 17.0 Å². The lowest BCUT2D eigenvalue weighted by atomic mass is 10.1. The van der Waals surface area contributed by atoms with Gasteiger partial charge in [0.2, 0.25) is 21.8 Å². The number of primary sulfonamides is 1. The van der Waals surface area contributed by atoms with Crippen molar-refractivity contribution in [1.29, 1.82) is 0 Å². The molecule has 2 N–H and O–H groups in total. The predicted octanol–water partition coefficient (Wildman–Crippen LogP) is 3.70. The molecule has 1 fully saturated rings. The van der Waals surface area contributed by atoms with Crippen LogP contribution in [0.5, 0.6) is 0 Å². The third kappa shape index (κ3) is 6.45. The van der Waals surface area contributed by atoms with Gasteiger partial charge in [-0.1, -0.05) is 51.8 Å². The van der Waals surface area contributed by atoms with Gasteiger partial charge in [-0.2, -0.15) is 0 Å². The molecular weight excluding hydrogens is 582 g/mol. The second-order valence-electron chi connectivity index (χ2n) is 8.59. The van der Waals surface area contributed by atoms with E-state index in [9.17, 15) is 22.8 Å². The van der Waals surface area contributed by atoms with Crippen molar-refractivity contribution in [2.24, 2.45) is 5.14 Å². The van der Waals surface area contributed by atoms with Crippen LogP contribution >= 0.6 is 27.5 Å². The lowest BCUT2D eigenvalue weighted by Gasteiger charge is -2.28. The molecule has 0 aliphatic carbocycles. The van der Waals surface area contributed by atoms with Gasteiger partial charge in [0.25, 0.3) is 5.91 Å². The van der Waals surface area contributed by atoms with Crippen LogP contribution in [0.4, 0.5) is 5.69 Å². The molecule has 1 aliphatic rings. The van der Waals surface area contributed by atoms with Crippen LogP contribution < -0.4 is 10.0 Å². The van der Waals surface area contributed by atoms with Gasteiger partial charge >= 0.3 is 0 Å². The molecule has 4 rings (SSSR count). The van der Waals surface area contributed by atoms with Crippen molar-refractivity contribution in [2.45, 2.75) is 30.2 Å². The normalized spacial score (nSPS) is 15.8. The Labute approximate surface area is 228 Å². The van der Waals surface area contributed by atoms with E-state index >= 15 is 0 Å². The molecule has 3 aromatic carbocycles. The fourth-order valence-corrected chi connectivity index (χ4v) is 5.05. The monoisotopic (exact) mass is 603 g/mol. The number of sulfonamides is 1. The molecule has 0 bridgehead atoms. The van der Waals surface area contributed by atoms with Gasteiger partial charge in [0.1, 0.15) is 6.04 Å². The number of nitrogens with zero attached hydrogens (tertiary/aromatic N) is 2. The predicted molar refractivity (Wildman–Crippen MR) is 143 cm³/mol. The van der Waals surface area contributed by atoms with Crippen molar-refractivity contribution >= 4 is 61.0 Å². The van der Waals surface area contributed by atoms with E-state index in [0.717, 1.165) is 20.5 Å². The van der Waals surface area contributed by atoms with Crippen LogP contribution in [0.25, 0.3) is 0 Å². The number of anilines is 1. The van der Waals surface area contributed by atoms with Crippen molar-refractivity contribution in [2.75, 3.05) is 11.4 Å². The zero-order chi connectivity index (χ0) is 26.7. The third-order valence-corrected chi connectivity index (χ3v) is 7.78. The number of benzene rings is 3. The maximum atomic E-state index is 13.4. The molecular formula is C26H23BrClN3O5S. The van der Waals surface area contributed by atoms with E-state index in [0.29, 0.717) is 17.1 Å². The first-order chi connectivity index (χ1) is 17.5. The topological polar surface area (TPSA) is 118 Å². The Kier molecular flexibility index (Phi) is 8.13. The van der Waals surface area contributed by atoms with Crippen LogP contribution in [-0.4, -0.2) is 43.6 Å². The Morgan fingerprint density at radius 2 is 1.57 bits per heavy atom. The van der Waals surface area contributed by atoms with Crippen LogP contribution in [0.1, 0.15) is 17.5 Å². The molecule has 192 valence electrons. The van der Waals surface area contributed by atoms with Gasteiger partial charge < -0.3 is 4.90 Å². The van der Waals surface area contributed by atoms with Crippen LogP contribution in [0, 0.1) is 0 Å². The highest BCUT2D eigenvalue weighted by Crippen LogP contribution is 2.28. The molecule has 0 spiro atoms. The second-order valence-corrected chi connectivity index (χ2v) is 11.5. The standard InChI is InChI=1S/C26H23BrClN3O5S/c27-19-5-9-21(10-6-19)31-25(33)16-23(26(31)34)30(24(32)15-18-1-7-20(28)8-2-18)14-13-17-3-11-22(12-4-17)37(29,35)36/h1-12,23H,13-16H2,(H2,29,35,36). The van der Waals surface area contributed by atoms with Gasteiger partial charge in [-0.05, 0) is 66.1 Å². The average molecular weight is 605 g/mol. The zero-order valence-electron chi connectivity index (χ0n) is 19.5. The molecule has 11 heteroatoms. The molecule has 1 heterocycles. The van der Waals surface area contributed by atoms with Crippen molar-refractivity contribution in [3.05, 3.63) is 93.4 Å². The van der Waals surface area contributed by atoms with Crippen molar-refractivity contribution in [1.82, 2.24) is 4.90 Å². The summed E-state index contributed by atoms with van der Waals surface area (Å²) in [6, 6.07) is 18.7. The van der Waals surface area contributed by atoms with Gasteiger partial charge in [-0.15, -0.1) is 0 Å². The average Bonchev–Trinajstić information content (AvgIpc) is 3.14. The second kappa shape index (κ2) is 11.1. The summed E-state index contributed by atoms with van der Waals surface area (Å²) in [6.45, 7) is 0.152. The number of carbonyl (C=O) groups excluding carboxylic acids is 3. The van der Waals surface area contributed by atoms with E-state index < -0.39 is 22.0 Å². The van der Waals surface area contributed by atoms with Gasteiger partial charge in [-0.25, -0.2) is 18.5 Å². The van der Waals surface area contributed by atoms with Crippen LogP contribution in [-0.2, 0) is 37.2 Å². The third-order valence-electron chi connectivity index (χ3n) is 6.07. The number of amides is 3. The van der Waals surface area contributed by atoms with Crippen molar-refractivity contribution in [3.8, 4) is 0 Å². The Balaban J connectivity index is 1.58. The minimum atomic E-state index is -3.83. The largest absolute Gasteiger partial charge is 0.329 e. The summed E-state index contributed by atoms with van der Waals surface area (Å²) in [5, 5.41) is 5.71. The summed E-state index contributed by atoms with van der Waals surface area (Å²) >= 11 is 9.30. The van der Waals surface area contributed by atoms with E-state index in [2.05, 4.69) is 15.9 Å². The molecule has 1 saturated heterocycles. The van der Waals surface area contributed by atoms with Crippen LogP contribution in [0.3, 0.4) is 0 Å². The van der Waals surface area contributed by atoms with Crippen LogP contribution in [0.15, 0.2) is 82.2 Å². The first kappa shape index (κ1) is 27.0. The number of carbonyl (C=O) groups is 3. The highest BCUT2D eigenvalue weighted by Gasteiger charge is 2.44. The van der Waals surface area contributed by atoms with Gasteiger partial charge in [-0.3, -0.25) is 14.4 Å². The molecule has 3 aromatic rings. The summed E-state index contributed by atoms with van der Waals surface area (Å²) in [5.41, 5.74) is 1.90. The highest BCUT2D eigenvalue weighted by atomic mass is 79.9. The van der Waals surface area contributed by atoms with Crippen LogP contribution in [0.2, 0.25) is 5.02 Å². The SMILES string of the molecule is NS(=O)(=O)c1ccc(CCN(C(=O)Cc2ccc(Cl)cc2)C2CC(=O)N(c3ccc(Br)cc3)C2=O)cc1. The number of rotatable bonds is 8. The molecule has 1 unspecified atom stereocenters. The van der Waals surface area contributed by atoms with Gasteiger partial charge in [0.05, 0.1) is 23.4 Å². The number of hydrogen-bond acceptors (Lipinski definition) is 5. The molecule has 0 saturated carbocycles. The number of hydrogen-bond donors (Lipinski definition) is 1. The number of halogens is 2. The minimum absolute atomic E-state index is 0.0198. The zero-order valence-corrected chi connectivity index (χ0v) is 22.7. The summed E-state index contributed by atoms with van der Waals surface area (Å²) < 4.78 is 23.9. The summed E-state index contributed by atoms with van der Waals surface area (Å²) in [4.78, 5) is 42.3. The smallest absolute Gasteiger partial charge is 0.257 e. The number of imide groups is 1. The van der Waals surface area contributed by atoms with Gasteiger partial charge in [0, 0.05) is 16.0 Å². The minimum Gasteiger partial charge on any atom is -0.329 e. The lowest BCUT2D eigenvalue weighted by molar-refractivity contribution is -0.137. The first-order valence-corrected chi connectivity index (χ1v) is 14.0. The number of nitrogens with two attached hydrogens (primary N) is 1. The Morgan fingerprint density at radius 3 is 2.16 bits per heavy atom. The summed E-state index contributed by atoms with van der Waals surface area (Å²) in [5.74, 6) is -1.17. The lowest BCUT2D eigenvalue weighted by Crippen LogP contribution is -2.47. The molecule has 3 amide bonds. The molecule has 0 radical (unpaired) electrons. The van der Waals surface area contributed by atoms with Crippen molar-refractivity contribution < 1.29 is 22.8 Å². The van der Waals surface area contributed by atoms with Crippen molar-refractivity contribution in [3.63, 3.8) is 0 Å².